The lowest BCUT2D eigenvalue weighted by molar-refractivity contribution is -0.146. The molecule has 0 aromatic carbocycles. The molecular weight excluding hydrogens is 440 g/mol. The number of allylic oxidation sites excluding steroid dienone is 1. The van der Waals surface area contributed by atoms with Crippen LogP contribution < -0.4 is 0 Å². The molecule has 6 heteroatoms. The van der Waals surface area contributed by atoms with E-state index in [4.69, 9.17) is 9.47 Å². The van der Waals surface area contributed by atoms with Crippen LogP contribution in [0.4, 0.5) is 0 Å². The lowest BCUT2D eigenvalue weighted by atomic mass is 9.56. The summed E-state index contributed by atoms with van der Waals surface area (Å²) in [6.07, 6.45) is 12.4. The molecule has 3 heterocycles. The Labute approximate surface area is 207 Å². The Balaban J connectivity index is 1.34. The molecule has 0 spiro atoms. The maximum absolute atomic E-state index is 12.7. The smallest absolute Gasteiger partial charge is 0.309 e. The van der Waals surface area contributed by atoms with Gasteiger partial charge in [-0.05, 0) is 93.5 Å². The number of nitrogens with zero attached hydrogens (tertiary/aromatic N) is 2. The van der Waals surface area contributed by atoms with Crippen molar-refractivity contribution in [3.8, 4) is 11.3 Å². The van der Waals surface area contributed by atoms with Crippen LogP contribution in [0, 0.1) is 35.5 Å². The molecule has 7 atom stereocenters. The predicted octanol–water partition coefficient (Wildman–Crippen LogP) is 5.34. The zero-order valence-corrected chi connectivity index (χ0v) is 20.5. The molecule has 184 valence electrons. The third-order valence-electron chi connectivity index (χ3n) is 8.25. The molecule has 2 aliphatic carbocycles. The standard InChI is InChI=1S/C29H34N2O4/c1-3-34-27(32)15-19-7-11-23-21(14-19)16-25-28(18(2)35-29(25)33)24(23)12-10-22-9-8-20(17-31-22)26-6-4-5-13-30-26/h4-6,8-10,12-13,17-19,21,23-25,28H,3,7,11,14-16H2,1-2H3/b12-10+/t18-,19-,21+,23-,24+,25-,28+/m1/s1. The first kappa shape index (κ1) is 23.7. The van der Waals surface area contributed by atoms with Crippen LogP contribution in [0.15, 0.2) is 48.8 Å². The van der Waals surface area contributed by atoms with E-state index in [2.05, 4.69) is 22.1 Å². The van der Waals surface area contributed by atoms with Crippen molar-refractivity contribution in [2.24, 2.45) is 35.5 Å². The molecule has 2 aromatic rings. The van der Waals surface area contributed by atoms with Crippen LogP contribution >= 0.6 is 0 Å². The number of hydrogen-bond donors (Lipinski definition) is 0. The van der Waals surface area contributed by atoms with Crippen LogP contribution in [0.25, 0.3) is 17.3 Å². The van der Waals surface area contributed by atoms with Gasteiger partial charge in [-0.15, -0.1) is 0 Å². The molecule has 0 unspecified atom stereocenters. The highest BCUT2D eigenvalue weighted by Gasteiger charge is 2.54. The van der Waals surface area contributed by atoms with Crippen molar-refractivity contribution in [2.45, 2.75) is 52.1 Å². The fourth-order valence-electron chi connectivity index (χ4n) is 6.75. The van der Waals surface area contributed by atoms with Crippen LogP contribution in [-0.4, -0.2) is 34.6 Å². The summed E-state index contributed by atoms with van der Waals surface area (Å²) >= 11 is 0. The van der Waals surface area contributed by atoms with Crippen molar-refractivity contribution >= 4 is 18.0 Å². The molecule has 1 saturated heterocycles. The highest BCUT2D eigenvalue weighted by Crippen LogP contribution is 2.54. The van der Waals surface area contributed by atoms with Crippen LogP contribution in [0.3, 0.4) is 0 Å². The largest absolute Gasteiger partial charge is 0.466 e. The van der Waals surface area contributed by atoms with E-state index in [0.29, 0.717) is 30.8 Å². The number of cyclic esters (lactones) is 1. The number of fused-ring (bicyclic) bond motifs is 2. The number of hydrogen-bond acceptors (Lipinski definition) is 6. The van der Waals surface area contributed by atoms with Gasteiger partial charge >= 0.3 is 11.9 Å². The van der Waals surface area contributed by atoms with Crippen molar-refractivity contribution in [3.63, 3.8) is 0 Å². The van der Waals surface area contributed by atoms with Gasteiger partial charge in [0.15, 0.2) is 0 Å². The number of aromatic nitrogens is 2. The summed E-state index contributed by atoms with van der Waals surface area (Å²) in [4.78, 5) is 33.8. The summed E-state index contributed by atoms with van der Waals surface area (Å²) in [5, 5.41) is 0. The number of ether oxygens (including phenoxy) is 2. The Hall–Kier alpha value is -3.02. The molecule has 1 aliphatic heterocycles. The van der Waals surface area contributed by atoms with E-state index in [-0.39, 0.29) is 35.8 Å². The predicted molar refractivity (Wildman–Crippen MR) is 133 cm³/mol. The van der Waals surface area contributed by atoms with Gasteiger partial charge < -0.3 is 9.47 Å². The first-order valence-corrected chi connectivity index (χ1v) is 12.9. The Kier molecular flexibility index (Phi) is 6.98. The van der Waals surface area contributed by atoms with E-state index in [1.165, 1.54) is 0 Å². The molecule has 0 amide bonds. The second-order valence-electron chi connectivity index (χ2n) is 10.3. The zero-order valence-electron chi connectivity index (χ0n) is 20.5. The van der Waals surface area contributed by atoms with Crippen molar-refractivity contribution in [3.05, 3.63) is 54.5 Å². The number of esters is 2. The topological polar surface area (TPSA) is 78.4 Å². The lowest BCUT2D eigenvalue weighted by Gasteiger charge is -2.47. The normalized spacial score (nSPS) is 32.1. The van der Waals surface area contributed by atoms with E-state index < -0.39 is 0 Å². The minimum Gasteiger partial charge on any atom is -0.466 e. The molecule has 6 nitrogen and oxygen atoms in total. The fourth-order valence-corrected chi connectivity index (χ4v) is 6.75. The first-order chi connectivity index (χ1) is 17.0. The number of carbonyl (C=O) groups is 2. The van der Waals surface area contributed by atoms with Crippen molar-refractivity contribution < 1.29 is 19.1 Å². The lowest BCUT2D eigenvalue weighted by Crippen LogP contribution is -2.44. The second-order valence-corrected chi connectivity index (χ2v) is 10.3. The first-order valence-electron chi connectivity index (χ1n) is 12.9. The summed E-state index contributed by atoms with van der Waals surface area (Å²) in [5.41, 5.74) is 2.80. The maximum atomic E-state index is 12.7. The molecule has 2 saturated carbocycles. The molecule has 3 fully saturated rings. The third kappa shape index (κ3) is 5.02. The SMILES string of the molecule is CCOC(=O)C[C@@H]1CC[C@@H]2[C@@H](C1)C[C@H]1C(=O)O[C@H](C)[C@H]1[C@H]2/C=C/c1ccc(-c2ccccn2)cn1. The molecule has 5 rings (SSSR count). The summed E-state index contributed by atoms with van der Waals surface area (Å²) in [5.74, 6) is 1.52. The molecule has 3 aliphatic rings. The number of rotatable bonds is 6. The van der Waals surface area contributed by atoms with Gasteiger partial charge in [0.25, 0.3) is 0 Å². The summed E-state index contributed by atoms with van der Waals surface area (Å²) in [6.45, 7) is 4.31. The van der Waals surface area contributed by atoms with E-state index in [1.807, 2.05) is 50.4 Å². The van der Waals surface area contributed by atoms with E-state index in [1.54, 1.807) is 6.20 Å². The molecule has 0 N–H and O–H groups in total. The average Bonchev–Trinajstić information content (AvgIpc) is 3.15. The third-order valence-corrected chi connectivity index (χ3v) is 8.25. The fraction of sp³-hybridized carbons (Fsp3) is 0.517. The van der Waals surface area contributed by atoms with Crippen LogP contribution in [0.1, 0.15) is 51.6 Å². The van der Waals surface area contributed by atoms with Crippen LogP contribution in [0.2, 0.25) is 0 Å². The highest BCUT2D eigenvalue weighted by atomic mass is 16.6. The van der Waals surface area contributed by atoms with Gasteiger partial charge in [-0.1, -0.05) is 12.1 Å². The maximum Gasteiger partial charge on any atom is 0.309 e. The van der Waals surface area contributed by atoms with E-state index in [9.17, 15) is 9.59 Å². The number of pyridine rings is 2. The quantitative estimate of drug-likeness (QED) is 0.526. The van der Waals surface area contributed by atoms with Crippen molar-refractivity contribution in [1.82, 2.24) is 9.97 Å². The Morgan fingerprint density at radius 1 is 1.17 bits per heavy atom. The van der Waals surface area contributed by atoms with E-state index in [0.717, 1.165) is 42.6 Å². The molecule has 2 aromatic heterocycles. The molecule has 35 heavy (non-hydrogen) atoms. The van der Waals surface area contributed by atoms with Crippen LogP contribution in [0.5, 0.6) is 0 Å². The van der Waals surface area contributed by atoms with Gasteiger partial charge in [0, 0.05) is 30.3 Å². The van der Waals surface area contributed by atoms with Gasteiger partial charge in [-0.2, -0.15) is 0 Å². The van der Waals surface area contributed by atoms with Gasteiger partial charge in [-0.3, -0.25) is 19.6 Å². The van der Waals surface area contributed by atoms with Gasteiger partial charge in [0.1, 0.15) is 6.10 Å². The Morgan fingerprint density at radius 3 is 2.80 bits per heavy atom. The van der Waals surface area contributed by atoms with Crippen molar-refractivity contribution in [2.75, 3.05) is 6.61 Å². The van der Waals surface area contributed by atoms with E-state index >= 15 is 0 Å². The molecular formula is C29H34N2O4. The summed E-state index contributed by atoms with van der Waals surface area (Å²) < 4.78 is 10.9. The summed E-state index contributed by atoms with van der Waals surface area (Å²) in [6, 6.07) is 9.92. The van der Waals surface area contributed by atoms with Gasteiger partial charge in [0.05, 0.1) is 23.9 Å². The highest BCUT2D eigenvalue weighted by molar-refractivity contribution is 5.75. The minimum absolute atomic E-state index is 0.0512. The Bertz CT molecular complexity index is 1070. The van der Waals surface area contributed by atoms with Crippen LogP contribution in [-0.2, 0) is 19.1 Å². The summed E-state index contributed by atoms with van der Waals surface area (Å²) in [7, 11) is 0. The molecule has 0 bridgehead atoms. The molecule has 0 radical (unpaired) electrons. The second kappa shape index (κ2) is 10.3. The monoisotopic (exact) mass is 474 g/mol. The van der Waals surface area contributed by atoms with Crippen molar-refractivity contribution in [1.29, 1.82) is 0 Å². The minimum atomic E-state index is -0.102. The zero-order chi connectivity index (χ0) is 24.4. The average molecular weight is 475 g/mol. The number of carbonyl (C=O) groups excluding carboxylic acids is 2. The van der Waals surface area contributed by atoms with Gasteiger partial charge in [-0.25, -0.2) is 0 Å². The van der Waals surface area contributed by atoms with Gasteiger partial charge in [0.2, 0.25) is 0 Å². The Morgan fingerprint density at radius 2 is 2.06 bits per heavy atom.